The number of nitrogens with one attached hydrogen (secondary N) is 6. The van der Waals surface area contributed by atoms with Crippen LogP contribution in [0.15, 0.2) is 248 Å². The summed E-state index contributed by atoms with van der Waals surface area (Å²) in [5, 5.41) is 27.5. The van der Waals surface area contributed by atoms with E-state index in [2.05, 4.69) is 106 Å². The number of ether oxygens (including phenoxy) is 1. The van der Waals surface area contributed by atoms with Gasteiger partial charge in [0.1, 0.15) is 40.6 Å². The lowest BCUT2D eigenvalue weighted by molar-refractivity contribution is 0.122. The first-order chi connectivity index (χ1) is 70.7. The molecule has 1 saturated carbocycles. The first-order valence-electron chi connectivity index (χ1n) is 49.0. The fourth-order valence-electron chi connectivity index (χ4n) is 20.8. The van der Waals surface area contributed by atoms with E-state index in [-0.39, 0.29) is 62.4 Å². The van der Waals surface area contributed by atoms with Crippen molar-refractivity contribution in [2.24, 2.45) is 0 Å². The number of morpholine rings is 1. The van der Waals surface area contributed by atoms with Crippen molar-refractivity contribution >= 4 is 149 Å². The Hall–Kier alpha value is -15.5. The first kappa shape index (κ1) is 94.4. The van der Waals surface area contributed by atoms with Crippen molar-refractivity contribution in [2.45, 2.75) is 58.0 Å². The second-order valence-corrected chi connectivity index (χ2v) is 38.4. The van der Waals surface area contributed by atoms with Gasteiger partial charge >= 0.3 is 0 Å². The van der Waals surface area contributed by atoms with Gasteiger partial charge in [0.2, 0.25) is 0 Å². The van der Waals surface area contributed by atoms with Crippen molar-refractivity contribution in [1.29, 1.82) is 0 Å². The highest BCUT2D eigenvalue weighted by atomic mass is 32.1. The minimum Gasteiger partial charge on any atom is -0.378 e. The average Bonchev–Trinajstić information content (AvgIpc) is 1.67. The number of anilines is 5. The zero-order valence-corrected chi connectivity index (χ0v) is 80.7. The number of para-hydroxylation sites is 4. The van der Waals surface area contributed by atoms with Crippen LogP contribution < -0.4 is 57.6 Å². The molecular weight excluding hydrogens is 1880 g/mol. The molecule has 0 amide bonds. The van der Waals surface area contributed by atoms with Crippen molar-refractivity contribution in [3.05, 3.63) is 310 Å². The van der Waals surface area contributed by atoms with Crippen LogP contribution >= 0.6 is 11.3 Å². The van der Waals surface area contributed by atoms with E-state index in [0.717, 1.165) is 125 Å². The number of hydrogen-bond acceptors (Lipinski definition) is 21. The van der Waals surface area contributed by atoms with E-state index in [1.54, 1.807) is 61.2 Å². The van der Waals surface area contributed by atoms with Crippen LogP contribution in [0, 0.1) is 34.9 Å². The van der Waals surface area contributed by atoms with E-state index in [9.17, 15) is 37.1 Å². The second-order valence-electron chi connectivity index (χ2n) is 37.6. The Morgan fingerprint density at radius 3 is 1.03 bits per heavy atom. The van der Waals surface area contributed by atoms with E-state index in [1.807, 2.05) is 124 Å². The number of aromatic amines is 5. The Morgan fingerprint density at radius 1 is 0.324 bits per heavy atom. The Bertz CT molecular complexity index is 8570. The Kier molecular flexibility index (Phi) is 26.3. The number of H-pyrrole nitrogens is 5. The number of rotatable bonds is 12. The van der Waals surface area contributed by atoms with Gasteiger partial charge in [-0.3, -0.25) is 84.2 Å². The maximum Gasteiger partial charge on any atom is 0.280 e. The van der Waals surface area contributed by atoms with Gasteiger partial charge in [0, 0.05) is 187 Å². The van der Waals surface area contributed by atoms with Crippen LogP contribution in [0.25, 0.3) is 137 Å². The van der Waals surface area contributed by atoms with Crippen molar-refractivity contribution in [3.8, 4) is 28.4 Å². The number of halogens is 6. The molecule has 145 heavy (non-hydrogen) atoms. The maximum absolute atomic E-state index is 15.3. The van der Waals surface area contributed by atoms with Crippen LogP contribution in [0.4, 0.5) is 54.8 Å². The van der Waals surface area contributed by atoms with Gasteiger partial charge in [0.15, 0.2) is 0 Å². The Labute approximate surface area is 828 Å². The SMILES string of the molecule is CC(C)N1CCN(c2cc3ncc4c(=O)n(-c5ccccc5)[nH]c4c3cc2F)CC1.CN1CCCN(c2cc3ncc4c(=O)n(-c5ccccc5)[nH]c4c3cc2F)CC1.O=c1c2cnc3cc(N4CCN(C5CCCC5)CC4)c(F)cc3c2[nH]n1-c1ccccc1.O=c1c2cnc3cc(N4CCNCC4)c(F)cc3c2[nH]n1-c1ccccc1F.O=c1c2cnc3cc(N4CCOCC4)c(F)cc3c2[nH]n1-c1ccsc1. The molecule has 20 aromatic rings. The highest BCUT2D eigenvalue weighted by molar-refractivity contribution is 7.08. The van der Waals surface area contributed by atoms with E-state index < -0.39 is 11.4 Å². The third-order valence-corrected chi connectivity index (χ3v) is 29.3. The molecule has 6 N–H and O–H groups in total. The van der Waals surface area contributed by atoms with Crippen molar-refractivity contribution in [1.82, 2.24) is 93.8 Å². The van der Waals surface area contributed by atoms with Gasteiger partial charge in [-0.2, -0.15) is 11.3 Å². The minimum absolute atomic E-state index is 0.106. The molecule has 5 saturated heterocycles. The molecule has 37 heteroatoms. The van der Waals surface area contributed by atoms with E-state index in [1.165, 1.54) is 104 Å². The van der Waals surface area contributed by atoms with Gasteiger partial charge in [-0.15, -0.1) is 0 Å². The van der Waals surface area contributed by atoms with Gasteiger partial charge in [-0.05, 0) is 167 Å². The molecule has 740 valence electrons. The summed E-state index contributed by atoms with van der Waals surface area (Å²) < 4.78 is 102. The zero-order chi connectivity index (χ0) is 99.4. The molecule has 0 bridgehead atoms. The predicted octanol–water partition coefficient (Wildman–Crippen LogP) is 16.2. The molecule has 16 heterocycles. The smallest absolute Gasteiger partial charge is 0.280 e. The van der Waals surface area contributed by atoms with Crippen molar-refractivity contribution in [2.75, 3.05) is 163 Å². The maximum atomic E-state index is 15.3. The third-order valence-electron chi connectivity index (χ3n) is 28.6. The molecule has 0 unspecified atom stereocenters. The number of aromatic nitrogens is 15. The van der Waals surface area contributed by atoms with Crippen LogP contribution in [-0.2, 0) is 4.74 Å². The molecule has 30 nitrogen and oxygen atoms in total. The van der Waals surface area contributed by atoms with Crippen LogP contribution in [0.2, 0.25) is 0 Å². The van der Waals surface area contributed by atoms with Gasteiger partial charge < -0.3 is 39.5 Å². The van der Waals surface area contributed by atoms with Crippen LogP contribution in [0.1, 0.15) is 46.0 Å². The number of likely N-dealkylation sites (N-methyl/N-ethyl adjacent to an activating group) is 1. The number of pyridine rings is 5. The monoisotopic (exact) mass is 1980 g/mol. The molecule has 9 aromatic carbocycles. The standard InChI is InChI=1S/C25H26FN5O.C23H24FN5O.C22H22FN5O.C20H17F2N5O.C18H15FN4O2S/c26-21-14-19-22(15-23(21)30-12-10-29(11-13-30)17-6-4-5-7-17)27-16-20-24(19)28-31(25(20)32)18-8-2-1-3-9-18;1-15(2)27-8-10-28(11-9-27)21-13-20-17(12-19(21)24)22-18(14-25-20)23(30)29(26-22)16-6-4-3-5-7-16;1-26-8-5-9-27(11-10-26)20-13-19-16(12-18(20)23)21-17(14-24-19)22(29)28(25-21)15-6-3-2-4-7-15;21-14-3-1-2-4-17(14)27-20(28)13-11-24-16-10-18(26-7-5-23-6-8-26)15(22)9-12(16)19(13)25-27;19-14-7-12-15(8-16(14)22-2-4-25-5-3-22)20-9-13-17(12)21-23(18(13)24)11-1-6-26-10-11/h1-3,8-9,14-17,28H,4-7,10-13H2;3-7,12-15,26H,8-11H2,1-2H3;2-4,6-7,12-14,25H,5,8-11H2,1H3;1-4,9-11,23,25H,5-8H2;1,6-10,21H,2-5H2. The van der Waals surface area contributed by atoms with E-state index >= 15 is 13.2 Å². The quantitative estimate of drug-likeness (QED) is 0.0619. The molecule has 26 rings (SSSR count). The summed E-state index contributed by atoms with van der Waals surface area (Å²) in [5.41, 5.74) is 10.7. The lowest BCUT2D eigenvalue weighted by atomic mass is 10.1. The van der Waals surface area contributed by atoms with Crippen LogP contribution in [-0.4, -0.2) is 239 Å². The molecule has 0 spiro atoms. The number of thiophene rings is 1. The molecule has 1 aliphatic carbocycles. The van der Waals surface area contributed by atoms with E-state index in [4.69, 9.17) is 4.74 Å². The number of piperazine rings is 3. The zero-order valence-electron chi connectivity index (χ0n) is 79.9. The third kappa shape index (κ3) is 18.5. The number of benzene rings is 9. The summed E-state index contributed by atoms with van der Waals surface area (Å²) in [7, 11) is 2.09. The summed E-state index contributed by atoms with van der Waals surface area (Å²) in [6, 6.07) is 53.3. The Morgan fingerprint density at radius 2 is 0.655 bits per heavy atom. The van der Waals surface area contributed by atoms with Gasteiger partial charge in [0.25, 0.3) is 27.8 Å². The second kappa shape index (κ2) is 40.3. The largest absolute Gasteiger partial charge is 0.378 e. The number of hydrogen-bond donors (Lipinski definition) is 6. The van der Waals surface area contributed by atoms with E-state index in [0.29, 0.717) is 184 Å². The molecule has 6 aliphatic rings. The summed E-state index contributed by atoms with van der Waals surface area (Å²) in [6.07, 6.45) is 14.0. The molecule has 11 aromatic heterocycles. The number of nitrogens with zero attached hydrogens (tertiary/aromatic N) is 18. The molecule has 5 aliphatic heterocycles. The lowest BCUT2D eigenvalue weighted by Crippen LogP contribution is -2.50. The fourth-order valence-corrected chi connectivity index (χ4v) is 21.4. The Balaban J connectivity index is 0.000000103. The van der Waals surface area contributed by atoms with Crippen molar-refractivity contribution < 1.29 is 31.1 Å². The summed E-state index contributed by atoms with van der Waals surface area (Å²) >= 11 is 1.51. The highest BCUT2D eigenvalue weighted by Crippen LogP contribution is 2.38. The molecule has 0 atom stereocenters. The molecule has 0 radical (unpaired) electrons. The molecular formula is C108H104F6N24O6S. The van der Waals surface area contributed by atoms with Crippen LogP contribution in [0.3, 0.4) is 0 Å². The van der Waals surface area contributed by atoms with Gasteiger partial charge in [-0.25, -0.2) is 49.8 Å². The normalized spacial score (nSPS) is 16.0. The summed E-state index contributed by atoms with van der Waals surface area (Å²) in [5.74, 6) is -2.07. The first-order valence-corrected chi connectivity index (χ1v) is 49.9. The fraction of sp³-hybridized carbons (Fsp3) is 0.278. The summed E-state index contributed by atoms with van der Waals surface area (Å²) in [4.78, 5) is 104. The van der Waals surface area contributed by atoms with Gasteiger partial charge in [-0.1, -0.05) is 79.6 Å². The molecule has 6 fully saturated rings. The summed E-state index contributed by atoms with van der Waals surface area (Å²) in [6.45, 7) is 20.3. The minimum atomic E-state index is -0.527. The lowest BCUT2D eigenvalue weighted by Gasteiger charge is -2.39. The van der Waals surface area contributed by atoms with Crippen molar-refractivity contribution in [3.63, 3.8) is 0 Å². The van der Waals surface area contributed by atoms with Crippen LogP contribution in [0.5, 0.6) is 0 Å². The predicted molar refractivity (Wildman–Crippen MR) is 561 cm³/mol. The highest BCUT2D eigenvalue weighted by Gasteiger charge is 2.31. The van der Waals surface area contributed by atoms with Gasteiger partial charge in [0.05, 0.1) is 146 Å². The topological polar surface area (TPSA) is 301 Å². The average molecular weight is 1980 g/mol. The number of fused-ring (bicyclic) bond motifs is 15.